The number of likely N-dealkylation sites (N-methyl/N-ethyl adjacent to an activating group) is 1. The molecule has 0 radical (unpaired) electrons. The van der Waals surface area contributed by atoms with E-state index >= 15 is 0 Å². The number of thioether (sulfide) groups is 1. The van der Waals surface area contributed by atoms with Crippen LogP contribution in [-0.2, 0) is 4.74 Å². The van der Waals surface area contributed by atoms with E-state index in [1.54, 1.807) is 14.1 Å². The van der Waals surface area contributed by atoms with Crippen LogP contribution in [0.15, 0.2) is 4.99 Å². The molecule has 18 heavy (non-hydrogen) atoms. The molecule has 0 aromatic heterocycles. The number of amidine groups is 1. The molecular weight excluding hydrogens is 254 g/mol. The van der Waals surface area contributed by atoms with Gasteiger partial charge in [0.15, 0.2) is 5.17 Å². The molecule has 4 N–H and O–H groups in total. The first-order valence-corrected chi connectivity index (χ1v) is 7.03. The lowest BCUT2D eigenvalue weighted by Gasteiger charge is -2.36. The van der Waals surface area contributed by atoms with Crippen LogP contribution in [0.25, 0.3) is 0 Å². The summed E-state index contributed by atoms with van der Waals surface area (Å²) in [7, 11) is 3.50. The van der Waals surface area contributed by atoms with Crippen LogP contribution in [0.3, 0.4) is 0 Å². The molecule has 0 aromatic rings. The van der Waals surface area contributed by atoms with E-state index in [0.717, 1.165) is 11.7 Å². The SMILES string of the molecule is CCNC(=NC)SC1CC(O)C(O)C(CNC)O1. The van der Waals surface area contributed by atoms with Gasteiger partial charge in [-0.3, -0.25) is 4.99 Å². The summed E-state index contributed by atoms with van der Waals surface area (Å²) in [4.78, 5) is 4.12. The van der Waals surface area contributed by atoms with Gasteiger partial charge >= 0.3 is 0 Å². The molecule has 106 valence electrons. The fourth-order valence-corrected chi connectivity index (χ4v) is 2.88. The van der Waals surface area contributed by atoms with Crippen molar-refractivity contribution < 1.29 is 14.9 Å². The molecule has 7 heteroatoms. The van der Waals surface area contributed by atoms with Gasteiger partial charge in [-0.05, 0) is 14.0 Å². The Kier molecular flexibility index (Phi) is 6.95. The van der Waals surface area contributed by atoms with Crippen LogP contribution in [-0.4, -0.2) is 66.3 Å². The molecule has 0 bridgehead atoms. The van der Waals surface area contributed by atoms with Gasteiger partial charge in [-0.2, -0.15) is 0 Å². The van der Waals surface area contributed by atoms with Crippen LogP contribution in [0.5, 0.6) is 0 Å². The van der Waals surface area contributed by atoms with Crippen LogP contribution >= 0.6 is 11.8 Å². The summed E-state index contributed by atoms with van der Waals surface area (Å²) in [5, 5.41) is 26.5. The molecule has 1 aliphatic rings. The zero-order valence-electron chi connectivity index (χ0n) is 11.1. The van der Waals surface area contributed by atoms with E-state index in [4.69, 9.17) is 4.74 Å². The van der Waals surface area contributed by atoms with Crippen molar-refractivity contribution in [1.82, 2.24) is 10.6 Å². The summed E-state index contributed by atoms with van der Waals surface area (Å²) < 4.78 is 5.76. The zero-order chi connectivity index (χ0) is 13.5. The fraction of sp³-hybridized carbons (Fsp3) is 0.909. The van der Waals surface area contributed by atoms with Crippen LogP contribution in [0.1, 0.15) is 13.3 Å². The van der Waals surface area contributed by atoms with Crippen molar-refractivity contribution in [3.05, 3.63) is 0 Å². The van der Waals surface area contributed by atoms with Gasteiger partial charge in [-0.1, -0.05) is 11.8 Å². The summed E-state index contributed by atoms with van der Waals surface area (Å²) >= 11 is 1.44. The minimum Gasteiger partial charge on any atom is -0.390 e. The number of ether oxygens (including phenoxy) is 1. The molecule has 0 amide bonds. The average Bonchev–Trinajstić information content (AvgIpc) is 2.35. The van der Waals surface area contributed by atoms with E-state index < -0.39 is 18.3 Å². The number of hydrogen-bond donors (Lipinski definition) is 4. The van der Waals surface area contributed by atoms with Gasteiger partial charge in [0.1, 0.15) is 11.5 Å². The molecule has 0 spiro atoms. The number of hydrogen-bond acceptors (Lipinski definition) is 6. The molecular formula is C11H23N3O3S. The monoisotopic (exact) mass is 277 g/mol. The maximum absolute atomic E-state index is 9.83. The molecule has 0 saturated carbocycles. The van der Waals surface area contributed by atoms with Gasteiger partial charge in [-0.15, -0.1) is 0 Å². The second-order valence-electron chi connectivity index (χ2n) is 4.13. The van der Waals surface area contributed by atoms with Crippen molar-refractivity contribution in [2.75, 3.05) is 27.2 Å². The lowest BCUT2D eigenvalue weighted by Crippen LogP contribution is -2.51. The lowest BCUT2D eigenvalue weighted by molar-refractivity contribution is -0.142. The summed E-state index contributed by atoms with van der Waals surface area (Å²) in [5.41, 5.74) is -0.195. The van der Waals surface area contributed by atoms with Crippen molar-refractivity contribution in [1.29, 1.82) is 0 Å². The van der Waals surface area contributed by atoms with Gasteiger partial charge in [0.2, 0.25) is 0 Å². The largest absolute Gasteiger partial charge is 0.390 e. The standard InChI is InChI=1S/C11H23N3O3S/c1-4-14-11(13-3)18-9-5-7(15)10(16)8(17-9)6-12-2/h7-10,12,15-16H,4-6H2,1-3H3,(H,13,14). The van der Waals surface area contributed by atoms with E-state index in [1.807, 2.05) is 6.92 Å². The van der Waals surface area contributed by atoms with E-state index in [2.05, 4.69) is 15.6 Å². The third-order valence-corrected chi connectivity index (χ3v) is 3.83. The maximum atomic E-state index is 9.83. The van der Waals surface area contributed by atoms with E-state index in [0.29, 0.717) is 13.0 Å². The molecule has 4 atom stereocenters. The molecule has 1 saturated heterocycles. The highest BCUT2D eigenvalue weighted by atomic mass is 32.2. The predicted octanol–water partition coefficient (Wildman–Crippen LogP) is -0.629. The zero-order valence-corrected chi connectivity index (χ0v) is 11.9. The van der Waals surface area contributed by atoms with Crippen LogP contribution in [0.4, 0.5) is 0 Å². The van der Waals surface area contributed by atoms with Gasteiger partial charge < -0.3 is 25.6 Å². The first-order valence-electron chi connectivity index (χ1n) is 6.15. The second-order valence-corrected chi connectivity index (χ2v) is 5.28. The summed E-state index contributed by atoms with van der Waals surface area (Å²) in [5.74, 6) is 0. The van der Waals surface area contributed by atoms with Crippen LogP contribution in [0.2, 0.25) is 0 Å². The van der Waals surface area contributed by atoms with Crippen LogP contribution in [0, 0.1) is 0 Å². The van der Waals surface area contributed by atoms with Crippen molar-refractivity contribution >= 4 is 16.9 Å². The van der Waals surface area contributed by atoms with Gasteiger partial charge in [0, 0.05) is 26.6 Å². The highest BCUT2D eigenvalue weighted by Crippen LogP contribution is 2.28. The molecule has 1 aliphatic heterocycles. The molecule has 0 aliphatic carbocycles. The molecule has 0 aromatic carbocycles. The van der Waals surface area contributed by atoms with Gasteiger partial charge in [0.05, 0.1) is 12.2 Å². The topological polar surface area (TPSA) is 86.1 Å². The third kappa shape index (κ3) is 4.40. The Morgan fingerprint density at radius 1 is 1.50 bits per heavy atom. The number of nitrogens with zero attached hydrogens (tertiary/aromatic N) is 1. The molecule has 4 unspecified atom stereocenters. The van der Waals surface area contributed by atoms with Crippen molar-refractivity contribution in [2.45, 2.75) is 37.1 Å². The Morgan fingerprint density at radius 3 is 2.78 bits per heavy atom. The summed E-state index contributed by atoms with van der Waals surface area (Å²) in [6.07, 6.45) is -1.59. The predicted molar refractivity (Wildman–Crippen MR) is 73.8 cm³/mol. The highest BCUT2D eigenvalue weighted by molar-refractivity contribution is 8.14. The van der Waals surface area contributed by atoms with Crippen molar-refractivity contribution in [3.63, 3.8) is 0 Å². The normalized spacial score (nSPS) is 33.5. The Bertz CT molecular complexity index is 278. The minimum absolute atomic E-state index is 0.195. The Balaban J connectivity index is 2.56. The number of rotatable bonds is 4. The third-order valence-electron chi connectivity index (χ3n) is 2.72. The Morgan fingerprint density at radius 2 is 2.22 bits per heavy atom. The first kappa shape index (κ1) is 15.7. The number of aliphatic hydroxyl groups excluding tert-OH is 2. The van der Waals surface area contributed by atoms with Gasteiger partial charge in [0.25, 0.3) is 0 Å². The average molecular weight is 277 g/mol. The Hall–Kier alpha value is -0.340. The van der Waals surface area contributed by atoms with E-state index in [9.17, 15) is 10.2 Å². The van der Waals surface area contributed by atoms with Crippen molar-refractivity contribution in [3.8, 4) is 0 Å². The van der Waals surface area contributed by atoms with E-state index in [-0.39, 0.29) is 5.44 Å². The van der Waals surface area contributed by atoms with Crippen molar-refractivity contribution in [2.24, 2.45) is 4.99 Å². The first-order chi connectivity index (χ1) is 8.62. The van der Waals surface area contributed by atoms with Gasteiger partial charge in [-0.25, -0.2) is 0 Å². The number of aliphatic imine (C=N–C) groups is 1. The molecule has 1 fully saturated rings. The summed E-state index contributed by atoms with van der Waals surface area (Å²) in [6.45, 7) is 3.29. The minimum atomic E-state index is -0.838. The lowest BCUT2D eigenvalue weighted by atomic mass is 10.0. The molecule has 1 heterocycles. The number of aliphatic hydroxyl groups is 2. The summed E-state index contributed by atoms with van der Waals surface area (Å²) in [6, 6.07) is 0. The fourth-order valence-electron chi connectivity index (χ4n) is 1.81. The van der Waals surface area contributed by atoms with E-state index in [1.165, 1.54) is 11.8 Å². The van der Waals surface area contributed by atoms with Crippen LogP contribution < -0.4 is 10.6 Å². The Labute approximate surface area is 112 Å². The smallest absolute Gasteiger partial charge is 0.158 e. The molecule has 6 nitrogen and oxygen atoms in total. The number of nitrogens with one attached hydrogen (secondary N) is 2. The second kappa shape index (κ2) is 7.96. The molecule has 1 rings (SSSR count). The maximum Gasteiger partial charge on any atom is 0.158 e. The quantitative estimate of drug-likeness (QED) is 0.404. The highest BCUT2D eigenvalue weighted by Gasteiger charge is 2.37.